The maximum atomic E-state index is 11.7. The van der Waals surface area contributed by atoms with Crippen LogP contribution < -0.4 is 10.4 Å². The summed E-state index contributed by atoms with van der Waals surface area (Å²) >= 11 is 0. The standard InChI is InChI=1S/C20H40N4O3P.W/c1-14(2)15(3)17(5)24-11-18(27-12-26-13-28(21,25)22-9)10-19(24)16(4)23-20(6,7)8;/h14-15,18-19,23H,4-5,10-13H2,1-3,6-9H3,(H2-,21,22,25);/q-1;. The molecule has 29 heavy (non-hydrogen) atoms. The Hall–Kier alpha value is -0.162. The van der Waals surface area contributed by atoms with E-state index in [1.54, 1.807) is 0 Å². The summed E-state index contributed by atoms with van der Waals surface area (Å²) in [4.78, 5) is 2.29. The normalized spacial score (nSPS) is 22.7. The topological polar surface area (TPSA) is 86.6 Å². The smallest absolute Gasteiger partial charge is 0.147 e. The van der Waals surface area contributed by atoms with Gasteiger partial charge in [-0.25, -0.2) is 0 Å². The predicted octanol–water partition coefficient (Wildman–Crippen LogP) is 4.55. The van der Waals surface area contributed by atoms with Crippen molar-refractivity contribution >= 4 is 7.44 Å². The van der Waals surface area contributed by atoms with Crippen LogP contribution in [-0.4, -0.2) is 49.3 Å². The van der Waals surface area contributed by atoms with Crippen LogP contribution in [0.5, 0.6) is 0 Å². The quantitative estimate of drug-likeness (QED) is 0.206. The SMILES string of the molecule is C=C(NC(C)(C)C)C1CC(OCOCP([NH-])(=O)NC)CN1C(=C)C(C)C(C)C.[W]. The van der Waals surface area contributed by atoms with Gasteiger partial charge in [-0.3, -0.25) is 5.09 Å². The maximum Gasteiger partial charge on any atom is 0.147 e. The number of allylic oxidation sites excluding steroid dienone is 1. The van der Waals surface area contributed by atoms with E-state index < -0.39 is 7.44 Å². The summed E-state index contributed by atoms with van der Waals surface area (Å²) in [5, 5.41) is 5.96. The van der Waals surface area contributed by atoms with Crippen LogP contribution in [-0.2, 0) is 35.1 Å². The monoisotopic (exact) mass is 599 g/mol. The van der Waals surface area contributed by atoms with Crippen LogP contribution in [0.3, 0.4) is 0 Å². The maximum absolute atomic E-state index is 11.7. The zero-order chi connectivity index (χ0) is 21.7. The van der Waals surface area contributed by atoms with Gasteiger partial charge in [-0.2, -0.15) is 0 Å². The molecular weight excluding hydrogens is 559 g/mol. The molecule has 7 nitrogen and oxygen atoms in total. The van der Waals surface area contributed by atoms with E-state index in [1.165, 1.54) is 7.05 Å². The molecule has 1 saturated heterocycles. The molecular formula is C20H40N4O3PW-. The molecule has 0 bridgehead atoms. The summed E-state index contributed by atoms with van der Waals surface area (Å²) in [6.07, 6.45) is 0.567. The van der Waals surface area contributed by atoms with E-state index in [2.05, 4.69) is 70.0 Å². The minimum Gasteiger partial charge on any atom is -0.604 e. The third-order valence-electron chi connectivity index (χ3n) is 5.12. The Morgan fingerprint density at radius 1 is 1.31 bits per heavy atom. The average Bonchev–Trinajstić information content (AvgIpc) is 3.00. The van der Waals surface area contributed by atoms with Crippen LogP contribution in [0, 0.1) is 11.8 Å². The van der Waals surface area contributed by atoms with Gasteiger partial charge in [0.25, 0.3) is 0 Å². The van der Waals surface area contributed by atoms with E-state index in [4.69, 9.17) is 15.0 Å². The Balaban J connectivity index is 0.00000784. The molecule has 1 aliphatic rings. The molecule has 170 valence electrons. The molecule has 1 fully saturated rings. The van der Waals surface area contributed by atoms with Crippen molar-refractivity contribution in [3.05, 3.63) is 30.1 Å². The molecule has 1 heterocycles. The molecule has 4 unspecified atom stereocenters. The van der Waals surface area contributed by atoms with Gasteiger partial charge in [-0.15, -0.1) is 0 Å². The van der Waals surface area contributed by atoms with Gasteiger partial charge in [0.15, 0.2) is 0 Å². The molecule has 0 saturated carbocycles. The van der Waals surface area contributed by atoms with Crippen molar-refractivity contribution < 1.29 is 35.1 Å². The third-order valence-corrected chi connectivity index (χ3v) is 6.38. The molecule has 0 aliphatic carbocycles. The summed E-state index contributed by atoms with van der Waals surface area (Å²) in [6.45, 7) is 22.3. The summed E-state index contributed by atoms with van der Waals surface area (Å²) < 4.78 is 22.8. The van der Waals surface area contributed by atoms with Gasteiger partial charge < -0.3 is 29.8 Å². The number of likely N-dealkylation sites (tertiary alicyclic amines) is 1. The van der Waals surface area contributed by atoms with Gasteiger partial charge in [0.2, 0.25) is 0 Å². The Morgan fingerprint density at radius 2 is 1.90 bits per heavy atom. The van der Waals surface area contributed by atoms with Crippen molar-refractivity contribution in [2.45, 2.75) is 65.6 Å². The molecule has 0 radical (unpaired) electrons. The predicted molar refractivity (Wildman–Crippen MR) is 117 cm³/mol. The summed E-state index contributed by atoms with van der Waals surface area (Å²) in [6, 6.07) is 0.0949. The van der Waals surface area contributed by atoms with Gasteiger partial charge in [0.05, 0.1) is 25.9 Å². The minimum absolute atomic E-state index is 0. The van der Waals surface area contributed by atoms with Gasteiger partial charge in [-0.1, -0.05) is 33.9 Å². The first-order valence-electron chi connectivity index (χ1n) is 9.92. The first kappa shape index (κ1) is 28.8. The molecule has 0 aromatic carbocycles. The fourth-order valence-electron chi connectivity index (χ4n) is 3.15. The zero-order valence-electron chi connectivity index (χ0n) is 19.1. The van der Waals surface area contributed by atoms with Crippen LogP contribution in [0.1, 0.15) is 48.0 Å². The van der Waals surface area contributed by atoms with Crippen molar-refractivity contribution in [1.29, 1.82) is 0 Å². The fourth-order valence-corrected chi connectivity index (χ4v) is 3.61. The number of nitrogens with one attached hydrogen (secondary N) is 3. The summed E-state index contributed by atoms with van der Waals surface area (Å²) in [7, 11) is -1.70. The zero-order valence-corrected chi connectivity index (χ0v) is 22.9. The number of hydrogen-bond donors (Lipinski definition) is 2. The van der Waals surface area contributed by atoms with E-state index in [0.29, 0.717) is 18.4 Å². The minimum atomic E-state index is -3.19. The molecule has 0 aromatic heterocycles. The third kappa shape index (κ3) is 9.67. The van der Waals surface area contributed by atoms with E-state index >= 15 is 0 Å². The first-order chi connectivity index (χ1) is 12.8. The van der Waals surface area contributed by atoms with Gasteiger partial charge in [0.1, 0.15) is 6.79 Å². The molecule has 1 rings (SSSR count). The molecule has 3 N–H and O–H groups in total. The average molecular weight is 599 g/mol. The van der Waals surface area contributed by atoms with Crippen molar-refractivity contribution in [3.63, 3.8) is 0 Å². The van der Waals surface area contributed by atoms with E-state index in [-0.39, 0.29) is 51.9 Å². The fraction of sp³-hybridized carbons (Fsp3) is 0.800. The van der Waals surface area contributed by atoms with Crippen LogP contribution in [0.25, 0.3) is 5.50 Å². The van der Waals surface area contributed by atoms with Crippen molar-refractivity contribution in [2.24, 2.45) is 11.8 Å². The first-order valence-corrected chi connectivity index (χ1v) is 11.8. The van der Waals surface area contributed by atoms with E-state index in [0.717, 1.165) is 17.8 Å². The second kappa shape index (κ2) is 12.0. The molecule has 1 aliphatic heterocycles. The summed E-state index contributed by atoms with van der Waals surface area (Å²) in [5.74, 6) is 0.845. The molecule has 0 amide bonds. The van der Waals surface area contributed by atoms with E-state index in [1.807, 2.05) is 0 Å². The van der Waals surface area contributed by atoms with Crippen molar-refractivity contribution in [1.82, 2.24) is 15.3 Å². The number of nitrogens with zero attached hydrogens (tertiary/aromatic N) is 1. The number of rotatable bonds is 11. The van der Waals surface area contributed by atoms with E-state index in [9.17, 15) is 4.57 Å². The Labute approximate surface area is 192 Å². The molecule has 0 aromatic rings. The number of ether oxygens (including phenoxy) is 2. The van der Waals surface area contributed by atoms with Crippen LogP contribution >= 0.6 is 7.44 Å². The molecule has 4 atom stereocenters. The van der Waals surface area contributed by atoms with Crippen LogP contribution in [0.2, 0.25) is 0 Å². The van der Waals surface area contributed by atoms with Gasteiger partial charge in [-0.05, 0) is 39.7 Å². The van der Waals surface area contributed by atoms with Crippen molar-refractivity contribution in [3.8, 4) is 0 Å². The second-order valence-corrected chi connectivity index (χ2v) is 11.2. The molecule has 9 heteroatoms. The Bertz CT molecular complexity index is 595. The number of hydrogen-bond acceptors (Lipinski definition) is 5. The molecule has 0 spiro atoms. The van der Waals surface area contributed by atoms with Gasteiger partial charge in [0, 0.05) is 51.0 Å². The summed E-state index contributed by atoms with van der Waals surface area (Å²) in [5.41, 5.74) is 9.52. The Kier molecular flexibility index (Phi) is 12.0. The largest absolute Gasteiger partial charge is 0.604 e. The van der Waals surface area contributed by atoms with Crippen molar-refractivity contribution in [2.75, 3.05) is 26.7 Å². The van der Waals surface area contributed by atoms with Crippen LogP contribution in [0.15, 0.2) is 24.6 Å². The van der Waals surface area contributed by atoms with Crippen LogP contribution in [0.4, 0.5) is 0 Å². The Morgan fingerprint density at radius 3 is 2.38 bits per heavy atom. The second-order valence-electron chi connectivity index (χ2n) is 9.03. The van der Waals surface area contributed by atoms with Gasteiger partial charge >= 0.3 is 0 Å².